The van der Waals surface area contributed by atoms with Crippen molar-refractivity contribution in [3.8, 4) is 0 Å². The third-order valence-corrected chi connectivity index (χ3v) is 4.97. The second-order valence-electron chi connectivity index (χ2n) is 5.76. The Bertz CT molecular complexity index is 317. The molecule has 1 aromatic heterocycles. The summed E-state index contributed by atoms with van der Waals surface area (Å²) < 4.78 is 0. The molecule has 1 N–H and O–H groups in total. The molecule has 108 valence electrons. The van der Waals surface area contributed by atoms with E-state index in [4.69, 9.17) is 0 Å². The first-order valence-electron chi connectivity index (χ1n) is 7.78. The van der Waals surface area contributed by atoms with Crippen LogP contribution in [0, 0.1) is 0 Å². The van der Waals surface area contributed by atoms with E-state index in [0.717, 1.165) is 19.1 Å². The van der Waals surface area contributed by atoms with Crippen molar-refractivity contribution < 1.29 is 0 Å². The largest absolute Gasteiger partial charge is 0.316 e. The van der Waals surface area contributed by atoms with E-state index in [-0.39, 0.29) is 0 Å². The van der Waals surface area contributed by atoms with Crippen molar-refractivity contribution in [3.05, 3.63) is 22.4 Å². The highest BCUT2D eigenvalue weighted by atomic mass is 32.1. The van der Waals surface area contributed by atoms with Crippen molar-refractivity contribution in [2.75, 3.05) is 26.7 Å². The Hall–Kier alpha value is -0.380. The molecule has 0 unspecified atom stereocenters. The van der Waals surface area contributed by atoms with Gasteiger partial charge in [0.2, 0.25) is 0 Å². The number of nitrogens with zero attached hydrogens (tertiary/aromatic N) is 1. The van der Waals surface area contributed by atoms with Gasteiger partial charge in [0.15, 0.2) is 0 Å². The number of nitrogens with one attached hydrogen (secondary N) is 1. The van der Waals surface area contributed by atoms with Gasteiger partial charge in [-0.3, -0.25) is 0 Å². The summed E-state index contributed by atoms with van der Waals surface area (Å²) in [5.41, 5.74) is 1.47. The van der Waals surface area contributed by atoms with Gasteiger partial charge in [0.25, 0.3) is 0 Å². The summed E-state index contributed by atoms with van der Waals surface area (Å²) >= 11 is 1.79. The Balaban J connectivity index is 1.47. The fourth-order valence-electron chi connectivity index (χ4n) is 2.95. The second-order valence-corrected chi connectivity index (χ2v) is 6.54. The first kappa shape index (κ1) is 15.0. The number of hydrogen-bond donors (Lipinski definition) is 1. The predicted molar refractivity (Wildman–Crippen MR) is 85.0 cm³/mol. The number of hydrogen-bond acceptors (Lipinski definition) is 3. The van der Waals surface area contributed by atoms with Crippen LogP contribution in [0.2, 0.25) is 0 Å². The molecule has 0 aromatic carbocycles. The van der Waals surface area contributed by atoms with Crippen LogP contribution in [0.1, 0.15) is 44.1 Å². The molecule has 0 atom stereocenters. The topological polar surface area (TPSA) is 15.3 Å². The Morgan fingerprint density at radius 3 is 2.84 bits per heavy atom. The third-order valence-electron chi connectivity index (χ3n) is 4.23. The zero-order chi connectivity index (χ0) is 13.3. The maximum absolute atomic E-state index is 3.56. The van der Waals surface area contributed by atoms with E-state index in [2.05, 4.69) is 34.1 Å². The van der Waals surface area contributed by atoms with E-state index < -0.39 is 0 Å². The smallest absolute Gasteiger partial charge is 0.00922 e. The Labute approximate surface area is 122 Å². The van der Waals surface area contributed by atoms with Gasteiger partial charge in [0, 0.05) is 6.04 Å². The lowest BCUT2D eigenvalue weighted by Gasteiger charge is -2.31. The van der Waals surface area contributed by atoms with E-state index in [0.29, 0.717) is 0 Å². The molecule has 1 heterocycles. The highest BCUT2D eigenvalue weighted by Gasteiger charge is 2.16. The van der Waals surface area contributed by atoms with Gasteiger partial charge in [-0.05, 0) is 74.8 Å². The summed E-state index contributed by atoms with van der Waals surface area (Å²) in [7, 11) is 2.31. The van der Waals surface area contributed by atoms with Crippen LogP contribution in [-0.2, 0) is 6.42 Å². The quantitative estimate of drug-likeness (QED) is 0.733. The predicted octanol–water partition coefficient (Wildman–Crippen LogP) is 3.53. The van der Waals surface area contributed by atoms with Gasteiger partial charge in [-0.15, -0.1) is 0 Å². The Morgan fingerprint density at radius 2 is 2.11 bits per heavy atom. The van der Waals surface area contributed by atoms with E-state index in [1.165, 1.54) is 57.1 Å². The van der Waals surface area contributed by atoms with E-state index in [9.17, 15) is 0 Å². The Morgan fingerprint density at radius 1 is 1.26 bits per heavy atom. The van der Waals surface area contributed by atoms with E-state index >= 15 is 0 Å². The molecule has 19 heavy (non-hydrogen) atoms. The van der Waals surface area contributed by atoms with Crippen LogP contribution < -0.4 is 5.32 Å². The van der Waals surface area contributed by atoms with Gasteiger partial charge in [-0.25, -0.2) is 0 Å². The number of rotatable bonds is 8. The average Bonchev–Trinajstić information content (AvgIpc) is 2.96. The zero-order valence-corrected chi connectivity index (χ0v) is 13.1. The van der Waals surface area contributed by atoms with Gasteiger partial charge in [-0.2, -0.15) is 11.3 Å². The van der Waals surface area contributed by atoms with Gasteiger partial charge in [0.1, 0.15) is 0 Å². The average molecular weight is 280 g/mol. The molecule has 0 bridgehead atoms. The van der Waals surface area contributed by atoms with Crippen LogP contribution in [0.3, 0.4) is 0 Å². The van der Waals surface area contributed by atoms with Crippen molar-refractivity contribution in [1.29, 1.82) is 0 Å². The highest BCUT2D eigenvalue weighted by molar-refractivity contribution is 7.07. The summed E-state index contributed by atoms with van der Waals surface area (Å²) in [4.78, 5) is 2.58. The fourth-order valence-corrected chi connectivity index (χ4v) is 3.65. The first-order chi connectivity index (χ1) is 9.36. The Kier molecular flexibility index (Phi) is 6.90. The maximum Gasteiger partial charge on any atom is 0.00922 e. The molecule has 1 fully saturated rings. The standard InChI is InChI=1S/C16H28N2S/c1-18(16-6-3-2-4-7-16)12-5-10-17-11-8-15-9-13-19-14-15/h9,13-14,16-17H,2-8,10-12H2,1H3. The van der Waals surface area contributed by atoms with Crippen LogP contribution in [0.4, 0.5) is 0 Å². The molecule has 0 saturated heterocycles. The molecular weight excluding hydrogens is 252 g/mol. The van der Waals surface area contributed by atoms with Crippen LogP contribution in [-0.4, -0.2) is 37.6 Å². The SMILES string of the molecule is CN(CCCNCCc1ccsc1)C1CCCCC1. The van der Waals surface area contributed by atoms with Crippen molar-refractivity contribution in [2.24, 2.45) is 0 Å². The monoisotopic (exact) mass is 280 g/mol. The van der Waals surface area contributed by atoms with Gasteiger partial charge in [-0.1, -0.05) is 19.3 Å². The van der Waals surface area contributed by atoms with Crippen LogP contribution in [0.5, 0.6) is 0 Å². The summed E-state index contributed by atoms with van der Waals surface area (Å²) in [6, 6.07) is 3.09. The third kappa shape index (κ3) is 5.64. The van der Waals surface area contributed by atoms with Gasteiger partial charge >= 0.3 is 0 Å². The normalized spacial score (nSPS) is 17.2. The van der Waals surface area contributed by atoms with Crippen LogP contribution in [0.15, 0.2) is 16.8 Å². The lowest BCUT2D eigenvalue weighted by atomic mass is 9.94. The van der Waals surface area contributed by atoms with Crippen molar-refractivity contribution >= 4 is 11.3 Å². The van der Waals surface area contributed by atoms with Crippen molar-refractivity contribution in [2.45, 2.75) is 51.0 Å². The van der Waals surface area contributed by atoms with Crippen molar-refractivity contribution in [1.82, 2.24) is 10.2 Å². The van der Waals surface area contributed by atoms with Gasteiger partial charge < -0.3 is 10.2 Å². The second kappa shape index (κ2) is 8.72. The van der Waals surface area contributed by atoms with E-state index in [1.54, 1.807) is 11.3 Å². The molecule has 0 amide bonds. The number of thiophene rings is 1. The van der Waals surface area contributed by atoms with Gasteiger partial charge in [0.05, 0.1) is 0 Å². The molecule has 1 aliphatic carbocycles. The van der Waals surface area contributed by atoms with Crippen molar-refractivity contribution in [3.63, 3.8) is 0 Å². The maximum atomic E-state index is 3.56. The summed E-state index contributed by atoms with van der Waals surface area (Å²) in [6.07, 6.45) is 9.61. The minimum Gasteiger partial charge on any atom is -0.316 e. The molecular formula is C16H28N2S. The lowest BCUT2D eigenvalue weighted by Crippen LogP contribution is -2.35. The molecule has 1 aliphatic rings. The molecule has 2 nitrogen and oxygen atoms in total. The summed E-state index contributed by atoms with van der Waals surface area (Å²) in [5.74, 6) is 0. The molecule has 0 radical (unpaired) electrons. The summed E-state index contributed by atoms with van der Waals surface area (Å²) in [5, 5.41) is 7.97. The fraction of sp³-hybridized carbons (Fsp3) is 0.750. The van der Waals surface area contributed by atoms with Crippen LogP contribution in [0.25, 0.3) is 0 Å². The molecule has 3 heteroatoms. The first-order valence-corrected chi connectivity index (χ1v) is 8.72. The van der Waals surface area contributed by atoms with E-state index in [1.807, 2.05) is 0 Å². The molecule has 0 aliphatic heterocycles. The molecule has 0 spiro atoms. The minimum absolute atomic E-state index is 0.861. The molecule has 1 aromatic rings. The van der Waals surface area contributed by atoms with Crippen LogP contribution >= 0.6 is 11.3 Å². The lowest BCUT2D eigenvalue weighted by molar-refractivity contribution is 0.189. The summed E-state index contributed by atoms with van der Waals surface area (Å²) in [6.45, 7) is 3.52. The minimum atomic E-state index is 0.861. The zero-order valence-electron chi connectivity index (χ0n) is 12.2. The molecule has 1 saturated carbocycles. The molecule has 2 rings (SSSR count). The highest BCUT2D eigenvalue weighted by Crippen LogP contribution is 2.21.